The van der Waals surface area contributed by atoms with Gasteiger partial charge in [0.05, 0.1) is 18.8 Å². The third-order valence-electron chi connectivity index (χ3n) is 6.31. The van der Waals surface area contributed by atoms with Crippen molar-refractivity contribution >= 4 is 17.5 Å². The SMILES string of the molecule is COc1ccccc1CNC(=O)C(=O)NC[C@H](c1cccnc1)N1CCN(c2ccccc2F)CC1. The molecule has 188 valence electrons. The van der Waals surface area contributed by atoms with Crippen molar-refractivity contribution in [3.8, 4) is 5.75 Å². The summed E-state index contributed by atoms with van der Waals surface area (Å²) in [5, 5.41) is 5.42. The summed E-state index contributed by atoms with van der Waals surface area (Å²) in [4.78, 5) is 33.5. The molecule has 4 rings (SSSR count). The van der Waals surface area contributed by atoms with E-state index in [0.717, 1.165) is 11.1 Å². The van der Waals surface area contributed by atoms with Crippen molar-refractivity contribution < 1.29 is 18.7 Å². The third kappa shape index (κ3) is 6.17. The summed E-state index contributed by atoms with van der Waals surface area (Å²) in [7, 11) is 1.56. The van der Waals surface area contributed by atoms with Gasteiger partial charge >= 0.3 is 11.8 Å². The Morgan fingerprint density at radius 1 is 0.972 bits per heavy atom. The van der Waals surface area contributed by atoms with Gasteiger partial charge in [-0.3, -0.25) is 19.5 Å². The molecule has 0 unspecified atom stereocenters. The lowest BCUT2D eigenvalue weighted by atomic mass is 10.1. The van der Waals surface area contributed by atoms with Gasteiger partial charge in [-0.1, -0.05) is 36.4 Å². The molecule has 9 heteroatoms. The van der Waals surface area contributed by atoms with Gasteiger partial charge in [-0.2, -0.15) is 0 Å². The minimum Gasteiger partial charge on any atom is -0.496 e. The van der Waals surface area contributed by atoms with Crippen molar-refractivity contribution in [2.45, 2.75) is 12.6 Å². The van der Waals surface area contributed by atoms with Crippen LogP contribution < -0.4 is 20.3 Å². The second-order valence-corrected chi connectivity index (χ2v) is 8.48. The molecule has 2 N–H and O–H groups in total. The molecule has 1 aliphatic rings. The fourth-order valence-corrected chi connectivity index (χ4v) is 4.39. The van der Waals surface area contributed by atoms with Gasteiger partial charge in [0.15, 0.2) is 0 Å². The fraction of sp³-hybridized carbons (Fsp3) is 0.296. The number of anilines is 1. The van der Waals surface area contributed by atoms with E-state index in [0.29, 0.717) is 37.6 Å². The Hall–Kier alpha value is -3.98. The van der Waals surface area contributed by atoms with Crippen LogP contribution in [0.1, 0.15) is 17.2 Å². The number of methoxy groups -OCH3 is 1. The molecule has 3 aromatic rings. The number of ether oxygens (including phenoxy) is 1. The molecule has 36 heavy (non-hydrogen) atoms. The van der Waals surface area contributed by atoms with Crippen LogP contribution >= 0.6 is 0 Å². The van der Waals surface area contributed by atoms with Gasteiger partial charge < -0.3 is 20.3 Å². The second kappa shape index (κ2) is 12.1. The molecule has 0 spiro atoms. The number of amides is 2. The normalized spacial score (nSPS) is 14.7. The maximum atomic E-state index is 14.2. The molecular weight excluding hydrogens is 461 g/mol. The van der Waals surface area contributed by atoms with Crippen molar-refractivity contribution in [1.29, 1.82) is 0 Å². The predicted octanol–water partition coefficient (Wildman–Crippen LogP) is 2.53. The number of hydrogen-bond donors (Lipinski definition) is 2. The van der Waals surface area contributed by atoms with Gasteiger partial charge in [-0.05, 0) is 29.8 Å². The molecule has 1 saturated heterocycles. The van der Waals surface area contributed by atoms with Crippen molar-refractivity contribution in [3.63, 3.8) is 0 Å². The van der Waals surface area contributed by atoms with E-state index in [4.69, 9.17) is 4.74 Å². The number of pyridine rings is 1. The Bertz CT molecular complexity index is 1170. The van der Waals surface area contributed by atoms with Gasteiger partial charge in [0.2, 0.25) is 0 Å². The first-order valence-corrected chi connectivity index (χ1v) is 11.9. The van der Waals surface area contributed by atoms with E-state index >= 15 is 0 Å². The van der Waals surface area contributed by atoms with Crippen LogP contribution in [0.5, 0.6) is 5.75 Å². The monoisotopic (exact) mass is 491 g/mol. The number of halogens is 1. The molecule has 1 aromatic heterocycles. The Labute approximate surface area is 210 Å². The maximum Gasteiger partial charge on any atom is 0.309 e. The van der Waals surface area contributed by atoms with Gasteiger partial charge in [0, 0.05) is 57.2 Å². The Morgan fingerprint density at radius 2 is 1.69 bits per heavy atom. The smallest absolute Gasteiger partial charge is 0.309 e. The largest absolute Gasteiger partial charge is 0.496 e. The van der Waals surface area contributed by atoms with Crippen LogP contribution in [0.3, 0.4) is 0 Å². The zero-order valence-electron chi connectivity index (χ0n) is 20.2. The van der Waals surface area contributed by atoms with E-state index in [1.165, 1.54) is 6.07 Å². The number of rotatable bonds is 8. The molecule has 8 nitrogen and oxygen atoms in total. The minimum atomic E-state index is -0.713. The number of nitrogens with one attached hydrogen (secondary N) is 2. The summed E-state index contributed by atoms with van der Waals surface area (Å²) < 4.78 is 19.5. The molecule has 0 radical (unpaired) electrons. The van der Waals surface area contributed by atoms with E-state index in [9.17, 15) is 14.0 Å². The number of carbonyl (C=O) groups is 2. The molecule has 0 bridgehead atoms. The average Bonchev–Trinajstić information content (AvgIpc) is 2.93. The molecule has 1 atom stereocenters. The number of piperazine rings is 1. The number of benzene rings is 2. The number of nitrogens with zero attached hydrogens (tertiary/aromatic N) is 3. The number of hydrogen-bond acceptors (Lipinski definition) is 6. The number of aromatic nitrogens is 1. The van der Waals surface area contributed by atoms with Gasteiger partial charge in [0.1, 0.15) is 11.6 Å². The Balaban J connectivity index is 1.36. The van der Waals surface area contributed by atoms with E-state index in [1.807, 2.05) is 41.3 Å². The summed E-state index contributed by atoms with van der Waals surface area (Å²) >= 11 is 0. The first-order chi connectivity index (χ1) is 17.6. The van der Waals surface area contributed by atoms with E-state index in [1.54, 1.807) is 37.7 Å². The van der Waals surface area contributed by atoms with Crippen LogP contribution in [0.2, 0.25) is 0 Å². The van der Waals surface area contributed by atoms with Crippen LogP contribution in [-0.2, 0) is 16.1 Å². The molecule has 2 heterocycles. The lowest BCUT2D eigenvalue weighted by Gasteiger charge is -2.40. The molecule has 2 aromatic carbocycles. The van der Waals surface area contributed by atoms with Gasteiger partial charge in [-0.15, -0.1) is 0 Å². The van der Waals surface area contributed by atoms with E-state index in [2.05, 4.69) is 20.5 Å². The van der Waals surface area contributed by atoms with E-state index in [-0.39, 0.29) is 24.9 Å². The first kappa shape index (κ1) is 25.1. The van der Waals surface area contributed by atoms with Crippen LogP contribution in [0, 0.1) is 5.82 Å². The Kier molecular flexibility index (Phi) is 8.46. The second-order valence-electron chi connectivity index (χ2n) is 8.48. The summed E-state index contributed by atoms with van der Waals surface area (Å²) in [5.41, 5.74) is 2.31. The molecule has 2 amide bonds. The summed E-state index contributed by atoms with van der Waals surface area (Å²) in [5.74, 6) is -1.01. The molecule has 0 saturated carbocycles. The highest BCUT2D eigenvalue weighted by Gasteiger charge is 2.27. The highest BCUT2D eigenvalue weighted by Crippen LogP contribution is 2.25. The van der Waals surface area contributed by atoms with Crippen molar-refractivity contribution in [1.82, 2.24) is 20.5 Å². The summed E-state index contributed by atoms with van der Waals surface area (Å²) in [6.45, 7) is 3.05. The van der Waals surface area contributed by atoms with Crippen LogP contribution in [0.4, 0.5) is 10.1 Å². The standard InChI is InChI=1S/C27H30FN5O3/c1-36-25-11-5-2-7-21(25)18-30-26(34)27(35)31-19-24(20-8-6-12-29-17-20)33-15-13-32(14-16-33)23-10-4-3-9-22(23)28/h2-12,17,24H,13-16,18-19H2,1H3,(H,30,34)(H,31,35)/t24-/m1/s1. The Morgan fingerprint density at radius 3 is 2.42 bits per heavy atom. The zero-order chi connectivity index (χ0) is 25.3. The maximum absolute atomic E-state index is 14.2. The lowest BCUT2D eigenvalue weighted by molar-refractivity contribution is -0.139. The van der Waals surface area contributed by atoms with Gasteiger partial charge in [0.25, 0.3) is 0 Å². The number of para-hydroxylation sites is 2. The molecule has 1 fully saturated rings. The van der Waals surface area contributed by atoms with Crippen molar-refractivity contribution in [2.75, 3.05) is 44.7 Å². The lowest BCUT2D eigenvalue weighted by Crippen LogP contribution is -2.51. The zero-order valence-corrected chi connectivity index (χ0v) is 20.2. The van der Waals surface area contributed by atoms with Crippen LogP contribution in [-0.4, -0.2) is 61.5 Å². The quantitative estimate of drug-likeness (QED) is 0.471. The molecular formula is C27H30FN5O3. The van der Waals surface area contributed by atoms with Crippen molar-refractivity contribution in [2.24, 2.45) is 0 Å². The number of carbonyl (C=O) groups excluding carboxylic acids is 2. The van der Waals surface area contributed by atoms with Crippen LogP contribution in [0.15, 0.2) is 73.1 Å². The highest BCUT2D eigenvalue weighted by molar-refractivity contribution is 6.35. The minimum absolute atomic E-state index is 0.174. The fourth-order valence-electron chi connectivity index (χ4n) is 4.39. The topological polar surface area (TPSA) is 86.8 Å². The summed E-state index contributed by atoms with van der Waals surface area (Å²) in [6, 6.07) is 17.7. The van der Waals surface area contributed by atoms with E-state index < -0.39 is 11.8 Å². The molecule has 1 aliphatic heterocycles. The molecule has 0 aliphatic carbocycles. The summed E-state index contributed by atoms with van der Waals surface area (Å²) in [6.07, 6.45) is 3.46. The predicted molar refractivity (Wildman–Crippen MR) is 135 cm³/mol. The van der Waals surface area contributed by atoms with Crippen LogP contribution in [0.25, 0.3) is 0 Å². The van der Waals surface area contributed by atoms with Gasteiger partial charge in [-0.25, -0.2) is 4.39 Å². The average molecular weight is 492 g/mol. The first-order valence-electron chi connectivity index (χ1n) is 11.9. The highest BCUT2D eigenvalue weighted by atomic mass is 19.1. The van der Waals surface area contributed by atoms with Crippen molar-refractivity contribution in [3.05, 3.63) is 90.0 Å². The third-order valence-corrected chi connectivity index (χ3v) is 6.31.